The van der Waals surface area contributed by atoms with Crippen molar-refractivity contribution < 1.29 is 17.9 Å². The van der Waals surface area contributed by atoms with Gasteiger partial charge in [-0.2, -0.15) is 4.31 Å². The molecular weight excluding hydrogens is 410 g/mol. The second-order valence-corrected chi connectivity index (χ2v) is 10.2. The molecule has 2 atom stereocenters. The minimum atomic E-state index is -3.69. The van der Waals surface area contributed by atoms with Crippen LogP contribution in [-0.2, 0) is 27.8 Å². The standard InChI is InChI=1S/C25H35NO4S/c1-7-8-24(30-6)25(19(2)3)31(27,28)26(17-21-11-9-20(4)10-12-21)18-22-13-15-23(29-5)16-14-22/h7,9-16,19,24-25H,1,8,17-18H2,2-6H3/t24-,25-/m0/s1. The summed E-state index contributed by atoms with van der Waals surface area (Å²) in [6, 6.07) is 15.5. The van der Waals surface area contributed by atoms with Gasteiger partial charge in [-0.3, -0.25) is 0 Å². The fourth-order valence-electron chi connectivity index (χ4n) is 3.73. The van der Waals surface area contributed by atoms with Gasteiger partial charge in [0.05, 0.1) is 13.2 Å². The van der Waals surface area contributed by atoms with Crippen LogP contribution in [0, 0.1) is 12.8 Å². The van der Waals surface area contributed by atoms with E-state index in [9.17, 15) is 8.42 Å². The van der Waals surface area contributed by atoms with Gasteiger partial charge in [-0.1, -0.05) is 61.9 Å². The van der Waals surface area contributed by atoms with Gasteiger partial charge in [0.25, 0.3) is 0 Å². The van der Waals surface area contributed by atoms with Crippen molar-refractivity contribution in [3.8, 4) is 5.75 Å². The molecule has 0 N–H and O–H groups in total. The molecule has 0 aliphatic heterocycles. The fraction of sp³-hybridized carbons (Fsp3) is 0.440. The largest absolute Gasteiger partial charge is 0.497 e. The highest BCUT2D eigenvalue weighted by Crippen LogP contribution is 2.27. The van der Waals surface area contributed by atoms with E-state index in [1.54, 1.807) is 24.6 Å². The Morgan fingerprint density at radius 3 is 1.90 bits per heavy atom. The molecule has 5 nitrogen and oxygen atoms in total. The smallest absolute Gasteiger partial charge is 0.220 e. The Labute approximate surface area is 187 Å². The Bertz CT molecular complexity index is 921. The maximum Gasteiger partial charge on any atom is 0.220 e. The van der Waals surface area contributed by atoms with Crippen LogP contribution in [0.3, 0.4) is 0 Å². The van der Waals surface area contributed by atoms with Gasteiger partial charge in [-0.15, -0.1) is 6.58 Å². The molecule has 2 aromatic rings. The molecule has 0 unspecified atom stereocenters. The second kappa shape index (κ2) is 11.5. The van der Waals surface area contributed by atoms with E-state index in [1.165, 1.54) is 0 Å². The van der Waals surface area contributed by atoms with Crippen LogP contribution in [0.25, 0.3) is 0 Å². The van der Waals surface area contributed by atoms with E-state index >= 15 is 0 Å². The summed E-state index contributed by atoms with van der Waals surface area (Å²) in [6.45, 7) is 10.2. The van der Waals surface area contributed by atoms with Crippen LogP contribution in [-0.4, -0.2) is 38.3 Å². The molecule has 2 aromatic carbocycles. The monoisotopic (exact) mass is 445 g/mol. The Morgan fingerprint density at radius 2 is 1.48 bits per heavy atom. The summed E-state index contributed by atoms with van der Waals surface area (Å²) in [4.78, 5) is 0. The van der Waals surface area contributed by atoms with Crippen LogP contribution < -0.4 is 4.74 Å². The number of ether oxygens (including phenoxy) is 2. The van der Waals surface area contributed by atoms with Crippen LogP contribution in [0.1, 0.15) is 37.0 Å². The number of aryl methyl sites for hydroxylation is 1. The lowest BCUT2D eigenvalue weighted by Gasteiger charge is -2.34. The average Bonchev–Trinajstić information content (AvgIpc) is 2.74. The SMILES string of the molecule is C=CC[C@H](OC)[C@H](C(C)C)S(=O)(=O)N(Cc1ccc(C)cc1)Cc1ccc(OC)cc1. The highest BCUT2D eigenvalue weighted by atomic mass is 32.2. The highest BCUT2D eigenvalue weighted by Gasteiger charge is 2.39. The lowest BCUT2D eigenvalue weighted by atomic mass is 10.0. The third-order valence-corrected chi connectivity index (χ3v) is 7.94. The van der Waals surface area contributed by atoms with Crippen molar-refractivity contribution >= 4 is 10.0 Å². The Morgan fingerprint density at radius 1 is 0.968 bits per heavy atom. The summed E-state index contributed by atoms with van der Waals surface area (Å²) in [7, 11) is -0.514. The van der Waals surface area contributed by atoms with Crippen molar-refractivity contribution in [2.75, 3.05) is 14.2 Å². The van der Waals surface area contributed by atoms with Gasteiger partial charge in [-0.25, -0.2) is 8.42 Å². The van der Waals surface area contributed by atoms with Gasteiger partial charge >= 0.3 is 0 Å². The predicted octanol–water partition coefficient (Wildman–Crippen LogP) is 4.95. The van der Waals surface area contributed by atoms with E-state index < -0.39 is 21.4 Å². The minimum absolute atomic E-state index is 0.119. The number of sulfonamides is 1. The van der Waals surface area contributed by atoms with E-state index in [2.05, 4.69) is 6.58 Å². The first-order valence-electron chi connectivity index (χ1n) is 10.5. The molecule has 0 spiro atoms. The summed E-state index contributed by atoms with van der Waals surface area (Å²) in [5.41, 5.74) is 2.98. The quantitative estimate of drug-likeness (QED) is 0.434. The van der Waals surface area contributed by atoms with Gasteiger partial charge in [0.1, 0.15) is 11.0 Å². The maximum atomic E-state index is 13.9. The molecule has 31 heavy (non-hydrogen) atoms. The number of methoxy groups -OCH3 is 2. The molecule has 0 heterocycles. The second-order valence-electron chi connectivity index (χ2n) is 8.15. The predicted molar refractivity (Wildman–Crippen MR) is 127 cm³/mol. The van der Waals surface area contributed by atoms with Gasteiger partial charge in [0.15, 0.2) is 0 Å². The zero-order chi connectivity index (χ0) is 23.0. The maximum absolute atomic E-state index is 13.9. The summed E-state index contributed by atoms with van der Waals surface area (Å²) in [5, 5.41) is -0.681. The number of hydrogen-bond donors (Lipinski definition) is 0. The highest BCUT2D eigenvalue weighted by molar-refractivity contribution is 7.89. The minimum Gasteiger partial charge on any atom is -0.497 e. The van der Waals surface area contributed by atoms with Gasteiger partial charge in [0, 0.05) is 20.2 Å². The lowest BCUT2D eigenvalue weighted by Crippen LogP contribution is -2.47. The van der Waals surface area contributed by atoms with Crippen LogP contribution in [0.4, 0.5) is 0 Å². The van der Waals surface area contributed by atoms with Gasteiger partial charge in [0.2, 0.25) is 10.0 Å². The lowest BCUT2D eigenvalue weighted by molar-refractivity contribution is 0.0877. The number of benzene rings is 2. The Kier molecular flexibility index (Phi) is 9.29. The Balaban J connectivity index is 2.45. The zero-order valence-corrected chi connectivity index (χ0v) is 20.1. The fourth-order valence-corrected chi connectivity index (χ4v) is 6.03. The van der Waals surface area contributed by atoms with Crippen LogP contribution in [0.2, 0.25) is 0 Å². The van der Waals surface area contributed by atoms with E-state index in [4.69, 9.17) is 9.47 Å². The number of nitrogens with zero attached hydrogens (tertiary/aromatic N) is 1. The molecule has 6 heteroatoms. The van der Waals surface area contributed by atoms with E-state index in [1.807, 2.05) is 69.3 Å². The molecule has 0 aliphatic rings. The van der Waals surface area contributed by atoms with Gasteiger partial charge < -0.3 is 9.47 Å². The molecule has 2 rings (SSSR count). The first-order chi connectivity index (χ1) is 14.7. The van der Waals surface area contributed by atoms with Crippen LogP contribution in [0.15, 0.2) is 61.2 Å². The molecule has 0 radical (unpaired) electrons. The van der Waals surface area contributed by atoms with Crippen molar-refractivity contribution in [2.45, 2.75) is 51.6 Å². The van der Waals surface area contributed by atoms with E-state index in [0.29, 0.717) is 13.0 Å². The number of hydrogen-bond acceptors (Lipinski definition) is 4. The molecular formula is C25H35NO4S. The van der Waals surface area contributed by atoms with E-state index in [0.717, 1.165) is 22.4 Å². The first-order valence-corrected chi connectivity index (χ1v) is 12.0. The van der Waals surface area contributed by atoms with Crippen LogP contribution in [0.5, 0.6) is 5.75 Å². The number of rotatable bonds is 12. The molecule has 170 valence electrons. The first kappa shape index (κ1) is 25.1. The molecule has 0 saturated heterocycles. The molecule has 0 aliphatic carbocycles. The molecule has 0 saturated carbocycles. The molecule has 0 bridgehead atoms. The van der Waals surface area contributed by atoms with E-state index in [-0.39, 0.29) is 12.5 Å². The average molecular weight is 446 g/mol. The summed E-state index contributed by atoms with van der Waals surface area (Å²) < 4.78 is 40.3. The third-order valence-electron chi connectivity index (χ3n) is 5.43. The third kappa shape index (κ3) is 6.66. The molecule has 0 fully saturated rings. The van der Waals surface area contributed by atoms with Crippen molar-refractivity contribution in [3.05, 3.63) is 77.9 Å². The molecule has 0 amide bonds. The summed E-state index contributed by atoms with van der Waals surface area (Å²) in [5.74, 6) is 0.619. The summed E-state index contributed by atoms with van der Waals surface area (Å²) >= 11 is 0. The normalized spacial score (nSPS) is 13.9. The van der Waals surface area contributed by atoms with Gasteiger partial charge in [-0.05, 0) is 42.5 Å². The van der Waals surface area contributed by atoms with Crippen molar-refractivity contribution in [3.63, 3.8) is 0 Å². The van der Waals surface area contributed by atoms with Crippen molar-refractivity contribution in [2.24, 2.45) is 5.92 Å². The molecule has 0 aromatic heterocycles. The van der Waals surface area contributed by atoms with Crippen LogP contribution >= 0.6 is 0 Å². The topological polar surface area (TPSA) is 55.8 Å². The van der Waals surface area contributed by atoms with Crippen molar-refractivity contribution in [1.82, 2.24) is 4.31 Å². The Hall–Kier alpha value is -2.15. The zero-order valence-electron chi connectivity index (χ0n) is 19.2. The summed E-state index contributed by atoms with van der Waals surface area (Å²) in [6.07, 6.45) is 1.73. The van der Waals surface area contributed by atoms with Crippen molar-refractivity contribution in [1.29, 1.82) is 0 Å².